The van der Waals surface area contributed by atoms with E-state index in [1.165, 1.54) is 0 Å². The largest absolute Gasteiger partial charge is 0.271 e. The number of sulfonamides is 1. The van der Waals surface area contributed by atoms with Gasteiger partial charge in [-0.15, -0.1) is 0 Å². The fourth-order valence-corrected chi connectivity index (χ4v) is 3.56. The molecule has 138 valence electrons. The molecule has 2 aromatic carbocycles. The first-order chi connectivity index (χ1) is 12.2. The van der Waals surface area contributed by atoms with Crippen molar-refractivity contribution in [3.05, 3.63) is 62.1 Å². The standard InChI is InChI=1S/C17H17BrIN3O3S/c1-12(13-3-7-15(19)8-4-13)20-21-17(23)11-22(26(2,24)25)16-9-5-14(18)6-10-16/h3-10H,11H2,1-2H3,(H,21,23)/b20-12-. The van der Waals surface area contributed by atoms with E-state index >= 15 is 0 Å². The van der Waals surface area contributed by atoms with Gasteiger partial charge in [0.05, 0.1) is 17.7 Å². The normalized spacial score (nSPS) is 11.9. The maximum atomic E-state index is 12.2. The highest BCUT2D eigenvalue weighted by atomic mass is 127. The molecule has 0 heterocycles. The van der Waals surface area contributed by atoms with E-state index < -0.39 is 15.9 Å². The lowest BCUT2D eigenvalue weighted by molar-refractivity contribution is -0.119. The number of benzene rings is 2. The first kappa shape index (κ1) is 20.8. The van der Waals surface area contributed by atoms with Crippen LogP contribution in [-0.2, 0) is 14.8 Å². The Morgan fingerprint density at radius 1 is 1.15 bits per heavy atom. The average Bonchev–Trinajstić information content (AvgIpc) is 2.58. The molecule has 2 rings (SSSR count). The van der Waals surface area contributed by atoms with Crippen molar-refractivity contribution >= 4 is 65.9 Å². The summed E-state index contributed by atoms with van der Waals surface area (Å²) >= 11 is 5.50. The Kier molecular flexibility index (Phi) is 7.18. The number of nitrogens with one attached hydrogen (secondary N) is 1. The first-order valence-electron chi connectivity index (χ1n) is 7.49. The van der Waals surface area contributed by atoms with E-state index in [1.54, 1.807) is 31.2 Å². The van der Waals surface area contributed by atoms with Crippen LogP contribution in [0.5, 0.6) is 0 Å². The van der Waals surface area contributed by atoms with E-state index in [-0.39, 0.29) is 6.54 Å². The summed E-state index contributed by atoms with van der Waals surface area (Å²) in [5.41, 5.74) is 4.32. The summed E-state index contributed by atoms with van der Waals surface area (Å²) < 4.78 is 27.0. The van der Waals surface area contributed by atoms with Crippen molar-refractivity contribution in [3.63, 3.8) is 0 Å². The summed E-state index contributed by atoms with van der Waals surface area (Å²) in [7, 11) is -3.61. The molecule has 26 heavy (non-hydrogen) atoms. The quantitative estimate of drug-likeness (QED) is 0.341. The fraction of sp³-hybridized carbons (Fsp3) is 0.176. The van der Waals surface area contributed by atoms with Crippen LogP contribution in [-0.4, -0.2) is 32.8 Å². The van der Waals surface area contributed by atoms with Gasteiger partial charge in [0.1, 0.15) is 6.54 Å². The Bertz CT molecular complexity index is 913. The molecule has 0 bridgehead atoms. The second-order valence-electron chi connectivity index (χ2n) is 5.49. The first-order valence-corrected chi connectivity index (χ1v) is 11.2. The molecule has 0 aliphatic rings. The van der Waals surface area contributed by atoms with Gasteiger partial charge in [-0.2, -0.15) is 5.10 Å². The van der Waals surface area contributed by atoms with Crippen LogP contribution in [0.4, 0.5) is 5.69 Å². The number of amides is 1. The van der Waals surface area contributed by atoms with Crippen LogP contribution in [0.2, 0.25) is 0 Å². The second-order valence-corrected chi connectivity index (χ2v) is 9.55. The summed E-state index contributed by atoms with van der Waals surface area (Å²) in [6.45, 7) is 1.41. The number of halogens is 2. The number of nitrogens with zero attached hydrogens (tertiary/aromatic N) is 2. The van der Waals surface area contributed by atoms with Gasteiger partial charge in [-0.05, 0) is 71.5 Å². The van der Waals surface area contributed by atoms with Crippen molar-refractivity contribution in [1.82, 2.24) is 5.43 Å². The molecule has 0 aromatic heterocycles. The van der Waals surface area contributed by atoms with Gasteiger partial charge in [0.25, 0.3) is 5.91 Å². The van der Waals surface area contributed by atoms with Crippen LogP contribution in [0.15, 0.2) is 58.1 Å². The maximum absolute atomic E-state index is 12.2. The molecule has 0 radical (unpaired) electrons. The Morgan fingerprint density at radius 2 is 1.73 bits per heavy atom. The van der Waals surface area contributed by atoms with Crippen LogP contribution in [0.1, 0.15) is 12.5 Å². The summed E-state index contributed by atoms with van der Waals surface area (Å²) in [5, 5.41) is 4.05. The number of hydrazone groups is 1. The summed E-state index contributed by atoms with van der Waals surface area (Å²) in [5.74, 6) is -0.525. The Hall–Kier alpha value is -1.46. The zero-order valence-electron chi connectivity index (χ0n) is 14.1. The van der Waals surface area contributed by atoms with Crippen molar-refractivity contribution in [2.75, 3.05) is 17.1 Å². The van der Waals surface area contributed by atoms with Gasteiger partial charge in [0.2, 0.25) is 10.0 Å². The lowest BCUT2D eigenvalue weighted by Gasteiger charge is -2.21. The minimum absolute atomic E-state index is 0.357. The molecule has 0 spiro atoms. The van der Waals surface area contributed by atoms with Crippen LogP contribution in [0.25, 0.3) is 0 Å². The van der Waals surface area contributed by atoms with E-state index in [1.807, 2.05) is 24.3 Å². The molecule has 0 fully saturated rings. The smallest absolute Gasteiger partial charge is 0.260 e. The summed E-state index contributed by atoms with van der Waals surface area (Å²) in [6, 6.07) is 14.4. The molecule has 0 atom stereocenters. The molecule has 6 nitrogen and oxygen atoms in total. The topological polar surface area (TPSA) is 78.8 Å². The Balaban J connectivity index is 2.11. The lowest BCUT2D eigenvalue weighted by Crippen LogP contribution is -2.39. The number of hydrogen-bond donors (Lipinski definition) is 1. The molecule has 0 saturated carbocycles. The molecular formula is C17H17BrIN3O3S. The van der Waals surface area contributed by atoms with E-state index in [0.717, 1.165) is 24.2 Å². The molecule has 2 aromatic rings. The average molecular weight is 550 g/mol. The van der Waals surface area contributed by atoms with Gasteiger partial charge in [0, 0.05) is 8.04 Å². The fourth-order valence-electron chi connectivity index (χ4n) is 2.08. The molecule has 9 heteroatoms. The number of rotatable bonds is 6. The van der Waals surface area contributed by atoms with E-state index in [9.17, 15) is 13.2 Å². The number of hydrogen-bond acceptors (Lipinski definition) is 4. The van der Waals surface area contributed by atoms with E-state index in [0.29, 0.717) is 11.4 Å². The highest BCUT2D eigenvalue weighted by Gasteiger charge is 2.20. The van der Waals surface area contributed by atoms with Gasteiger partial charge >= 0.3 is 0 Å². The third-order valence-electron chi connectivity index (χ3n) is 3.41. The molecule has 0 saturated heterocycles. The minimum Gasteiger partial charge on any atom is -0.271 e. The van der Waals surface area contributed by atoms with Gasteiger partial charge in [-0.3, -0.25) is 9.10 Å². The van der Waals surface area contributed by atoms with E-state index in [2.05, 4.69) is 49.0 Å². The number of carbonyl (C=O) groups is 1. The Morgan fingerprint density at radius 3 is 2.27 bits per heavy atom. The predicted octanol–water partition coefficient (Wildman–Crippen LogP) is 3.36. The van der Waals surface area contributed by atoms with Crippen molar-refractivity contribution < 1.29 is 13.2 Å². The third-order valence-corrected chi connectivity index (χ3v) is 5.80. The second kappa shape index (κ2) is 8.96. The van der Waals surface area contributed by atoms with Crippen LogP contribution < -0.4 is 9.73 Å². The molecule has 1 N–H and O–H groups in total. The molecule has 1 amide bonds. The highest BCUT2D eigenvalue weighted by Crippen LogP contribution is 2.20. The monoisotopic (exact) mass is 549 g/mol. The molecular weight excluding hydrogens is 533 g/mol. The summed E-state index contributed by atoms with van der Waals surface area (Å²) in [6.07, 6.45) is 1.06. The zero-order valence-corrected chi connectivity index (χ0v) is 18.7. The van der Waals surface area contributed by atoms with Crippen molar-refractivity contribution in [2.45, 2.75) is 6.92 Å². The lowest BCUT2D eigenvalue weighted by atomic mass is 10.1. The van der Waals surface area contributed by atoms with Crippen molar-refractivity contribution in [1.29, 1.82) is 0 Å². The minimum atomic E-state index is -3.61. The van der Waals surface area contributed by atoms with Crippen molar-refractivity contribution in [3.8, 4) is 0 Å². The Labute approximate surface area is 175 Å². The van der Waals surface area contributed by atoms with Crippen molar-refractivity contribution in [2.24, 2.45) is 5.10 Å². The number of anilines is 1. The SMILES string of the molecule is C/C(=N/NC(=O)CN(c1ccc(Br)cc1)S(C)(=O)=O)c1ccc(I)cc1. The van der Waals surface area contributed by atoms with E-state index in [4.69, 9.17) is 0 Å². The highest BCUT2D eigenvalue weighted by molar-refractivity contribution is 14.1. The molecule has 0 aliphatic heterocycles. The van der Waals surface area contributed by atoms with Gasteiger partial charge in [-0.1, -0.05) is 28.1 Å². The molecule has 0 unspecified atom stereocenters. The number of carbonyl (C=O) groups excluding carboxylic acids is 1. The van der Waals surface area contributed by atoms with Crippen LogP contribution >= 0.6 is 38.5 Å². The van der Waals surface area contributed by atoms with Gasteiger partial charge in [-0.25, -0.2) is 13.8 Å². The van der Waals surface area contributed by atoms with Gasteiger partial charge in [0.15, 0.2) is 0 Å². The predicted molar refractivity (Wildman–Crippen MR) is 116 cm³/mol. The van der Waals surface area contributed by atoms with Crippen LogP contribution in [0, 0.1) is 3.57 Å². The third kappa shape index (κ3) is 6.06. The zero-order chi connectivity index (χ0) is 19.3. The maximum Gasteiger partial charge on any atom is 0.260 e. The molecule has 0 aliphatic carbocycles. The van der Waals surface area contributed by atoms with Crippen LogP contribution in [0.3, 0.4) is 0 Å². The van der Waals surface area contributed by atoms with Gasteiger partial charge < -0.3 is 0 Å². The summed E-state index contributed by atoms with van der Waals surface area (Å²) in [4.78, 5) is 12.2.